The molecule has 0 saturated heterocycles. The molecule has 4 heteroatoms. The van der Waals surface area contributed by atoms with Crippen LogP contribution < -0.4 is 0 Å². The summed E-state index contributed by atoms with van der Waals surface area (Å²) in [4.78, 5) is 0. The van der Waals surface area contributed by atoms with Gasteiger partial charge in [0.15, 0.2) is 5.82 Å². The van der Waals surface area contributed by atoms with E-state index in [1.165, 1.54) is 0 Å². The molecule has 0 spiro atoms. The number of hydrogen-bond acceptors (Lipinski definition) is 2. The van der Waals surface area contributed by atoms with E-state index < -0.39 is 0 Å². The second-order valence-electron chi connectivity index (χ2n) is 4.28. The summed E-state index contributed by atoms with van der Waals surface area (Å²) in [5.74, 6) is 0.750. The Morgan fingerprint density at radius 3 is 2.32 bits per heavy atom. The van der Waals surface area contributed by atoms with Crippen molar-refractivity contribution in [1.82, 2.24) is 14.8 Å². The number of hydrogen-bond donors (Lipinski definition) is 0. The molecule has 0 amide bonds. The van der Waals surface area contributed by atoms with Crippen molar-refractivity contribution >= 4 is 11.6 Å². The lowest BCUT2D eigenvalue weighted by atomic mass is 10.1. The number of aryl methyl sites for hydroxylation is 1. The molecule has 0 aliphatic heterocycles. The van der Waals surface area contributed by atoms with Crippen molar-refractivity contribution in [2.24, 2.45) is 0 Å². The van der Waals surface area contributed by atoms with Crippen molar-refractivity contribution in [3.8, 4) is 17.1 Å². The van der Waals surface area contributed by atoms with E-state index >= 15 is 0 Å². The first-order chi connectivity index (χ1) is 9.27. The first kappa shape index (κ1) is 11.9. The molecule has 0 bridgehead atoms. The number of nitrogens with zero attached hydrogens (tertiary/aromatic N) is 3. The Morgan fingerprint density at radius 1 is 0.895 bits per heavy atom. The molecular weight excluding hydrogens is 258 g/mol. The Hall–Kier alpha value is -2.13. The highest BCUT2D eigenvalue weighted by atomic mass is 35.5. The van der Waals surface area contributed by atoms with E-state index in [0.29, 0.717) is 5.28 Å². The number of benzene rings is 2. The van der Waals surface area contributed by atoms with Crippen molar-refractivity contribution in [2.75, 3.05) is 0 Å². The van der Waals surface area contributed by atoms with Crippen LogP contribution in [0.5, 0.6) is 0 Å². The summed E-state index contributed by atoms with van der Waals surface area (Å²) in [6.07, 6.45) is 0. The molecule has 0 atom stereocenters. The van der Waals surface area contributed by atoms with E-state index in [1.807, 2.05) is 66.1 Å². The van der Waals surface area contributed by atoms with Crippen LogP contribution in [0.1, 0.15) is 5.56 Å². The minimum Gasteiger partial charge on any atom is -0.265 e. The highest BCUT2D eigenvalue weighted by Crippen LogP contribution is 2.26. The highest BCUT2D eigenvalue weighted by Gasteiger charge is 2.14. The summed E-state index contributed by atoms with van der Waals surface area (Å²) >= 11 is 6.19. The van der Waals surface area contributed by atoms with Crippen LogP contribution in [0.15, 0.2) is 54.6 Å². The Kier molecular flexibility index (Phi) is 3.05. The van der Waals surface area contributed by atoms with Crippen molar-refractivity contribution in [3.63, 3.8) is 0 Å². The van der Waals surface area contributed by atoms with Crippen LogP contribution in [-0.2, 0) is 0 Å². The van der Waals surface area contributed by atoms with Crippen LogP contribution in [0.25, 0.3) is 17.1 Å². The van der Waals surface area contributed by atoms with Gasteiger partial charge in [-0.15, -0.1) is 10.2 Å². The van der Waals surface area contributed by atoms with E-state index in [1.54, 1.807) is 0 Å². The molecule has 3 aromatic rings. The number of aromatic nitrogens is 3. The quantitative estimate of drug-likeness (QED) is 0.706. The van der Waals surface area contributed by atoms with Crippen LogP contribution in [0.4, 0.5) is 0 Å². The van der Waals surface area contributed by atoms with E-state index in [-0.39, 0.29) is 0 Å². The molecule has 3 rings (SSSR count). The van der Waals surface area contributed by atoms with Gasteiger partial charge in [-0.1, -0.05) is 48.5 Å². The maximum Gasteiger partial charge on any atom is 0.229 e. The first-order valence-corrected chi connectivity index (χ1v) is 6.37. The van der Waals surface area contributed by atoms with Crippen molar-refractivity contribution in [3.05, 3.63) is 65.4 Å². The average molecular weight is 270 g/mol. The summed E-state index contributed by atoms with van der Waals surface area (Å²) in [6, 6.07) is 17.9. The van der Waals surface area contributed by atoms with E-state index in [2.05, 4.69) is 10.2 Å². The average Bonchev–Trinajstić information content (AvgIpc) is 2.82. The summed E-state index contributed by atoms with van der Waals surface area (Å²) in [7, 11) is 0. The van der Waals surface area contributed by atoms with Crippen LogP contribution in [0.3, 0.4) is 0 Å². The van der Waals surface area contributed by atoms with Crippen LogP contribution >= 0.6 is 11.6 Å². The number of halogens is 1. The Morgan fingerprint density at radius 2 is 1.58 bits per heavy atom. The van der Waals surface area contributed by atoms with Gasteiger partial charge in [0.1, 0.15) is 0 Å². The SMILES string of the molecule is Cc1ccccc1-n1c(Cl)nnc1-c1ccccc1. The molecule has 2 aromatic carbocycles. The fourth-order valence-electron chi connectivity index (χ4n) is 2.07. The molecule has 1 heterocycles. The Labute approximate surface area is 116 Å². The molecule has 0 unspecified atom stereocenters. The molecule has 0 N–H and O–H groups in total. The second-order valence-corrected chi connectivity index (χ2v) is 4.62. The molecule has 0 aliphatic rings. The smallest absolute Gasteiger partial charge is 0.229 e. The Balaban J connectivity index is 2.23. The minimum atomic E-state index is 0.369. The molecule has 0 radical (unpaired) electrons. The third kappa shape index (κ3) is 2.13. The molecule has 94 valence electrons. The molecule has 0 fully saturated rings. The van der Waals surface area contributed by atoms with Gasteiger partial charge in [0.2, 0.25) is 5.28 Å². The van der Waals surface area contributed by atoms with Crippen LogP contribution in [-0.4, -0.2) is 14.8 Å². The fourth-order valence-corrected chi connectivity index (χ4v) is 2.28. The van der Waals surface area contributed by atoms with E-state index in [4.69, 9.17) is 11.6 Å². The molecule has 1 aromatic heterocycles. The first-order valence-electron chi connectivity index (χ1n) is 6.00. The predicted molar refractivity (Wildman–Crippen MR) is 76.5 cm³/mol. The van der Waals surface area contributed by atoms with Gasteiger partial charge in [0.05, 0.1) is 5.69 Å². The zero-order valence-electron chi connectivity index (χ0n) is 10.4. The lowest BCUT2D eigenvalue weighted by Crippen LogP contribution is -1.99. The van der Waals surface area contributed by atoms with Crippen molar-refractivity contribution in [2.45, 2.75) is 6.92 Å². The monoisotopic (exact) mass is 269 g/mol. The Bertz CT molecular complexity index is 704. The van der Waals surface area contributed by atoms with Gasteiger partial charge >= 0.3 is 0 Å². The van der Waals surface area contributed by atoms with Crippen molar-refractivity contribution in [1.29, 1.82) is 0 Å². The van der Waals surface area contributed by atoms with Gasteiger partial charge in [-0.2, -0.15) is 0 Å². The molecule has 19 heavy (non-hydrogen) atoms. The predicted octanol–water partition coefficient (Wildman–Crippen LogP) is 3.90. The van der Waals surface area contributed by atoms with Gasteiger partial charge < -0.3 is 0 Å². The van der Waals surface area contributed by atoms with Gasteiger partial charge in [-0.05, 0) is 30.2 Å². The fraction of sp³-hybridized carbons (Fsp3) is 0.0667. The molecule has 0 saturated carbocycles. The molecule has 3 nitrogen and oxygen atoms in total. The van der Waals surface area contributed by atoms with Gasteiger partial charge in [0.25, 0.3) is 0 Å². The number of rotatable bonds is 2. The lowest BCUT2D eigenvalue weighted by Gasteiger charge is -2.10. The summed E-state index contributed by atoms with van der Waals surface area (Å²) < 4.78 is 1.87. The standard InChI is InChI=1S/C15H12ClN3/c1-11-7-5-6-10-13(11)19-14(17-18-15(19)16)12-8-3-2-4-9-12/h2-10H,1H3. The topological polar surface area (TPSA) is 30.7 Å². The highest BCUT2D eigenvalue weighted by molar-refractivity contribution is 6.28. The zero-order chi connectivity index (χ0) is 13.2. The minimum absolute atomic E-state index is 0.369. The lowest BCUT2D eigenvalue weighted by molar-refractivity contribution is 1.05. The third-order valence-corrected chi connectivity index (χ3v) is 3.26. The maximum absolute atomic E-state index is 6.19. The number of para-hydroxylation sites is 1. The van der Waals surface area contributed by atoms with E-state index in [0.717, 1.165) is 22.6 Å². The van der Waals surface area contributed by atoms with Gasteiger partial charge in [0, 0.05) is 5.56 Å². The van der Waals surface area contributed by atoms with Gasteiger partial charge in [-0.3, -0.25) is 4.57 Å². The van der Waals surface area contributed by atoms with E-state index in [9.17, 15) is 0 Å². The third-order valence-electron chi connectivity index (χ3n) is 3.01. The van der Waals surface area contributed by atoms with Crippen LogP contribution in [0.2, 0.25) is 5.28 Å². The second kappa shape index (κ2) is 4.86. The summed E-state index contributed by atoms with van der Waals surface area (Å²) in [5.41, 5.74) is 3.11. The summed E-state index contributed by atoms with van der Waals surface area (Å²) in [6.45, 7) is 2.04. The molecular formula is C15H12ClN3. The normalized spacial score (nSPS) is 10.6. The maximum atomic E-state index is 6.19. The largest absolute Gasteiger partial charge is 0.265 e. The molecule has 0 aliphatic carbocycles. The van der Waals surface area contributed by atoms with Crippen LogP contribution in [0, 0.1) is 6.92 Å². The van der Waals surface area contributed by atoms with Gasteiger partial charge in [-0.25, -0.2) is 0 Å². The van der Waals surface area contributed by atoms with Crippen molar-refractivity contribution < 1.29 is 0 Å². The summed E-state index contributed by atoms with van der Waals surface area (Å²) in [5, 5.41) is 8.54. The zero-order valence-corrected chi connectivity index (χ0v) is 11.2.